The Balaban J connectivity index is 1.69. The molecule has 1 atom stereocenters. The molecule has 0 aliphatic carbocycles. The topological polar surface area (TPSA) is 73.9 Å². The number of benzene rings is 2. The Bertz CT molecular complexity index is 896. The maximum Gasteiger partial charge on any atom is 0.339 e. The highest BCUT2D eigenvalue weighted by Crippen LogP contribution is 2.38. The van der Waals surface area contributed by atoms with Gasteiger partial charge in [-0.3, -0.25) is 4.79 Å². The molecule has 0 fully saturated rings. The van der Waals surface area contributed by atoms with Crippen molar-refractivity contribution in [2.75, 3.05) is 18.5 Å². The molecule has 142 valence electrons. The van der Waals surface area contributed by atoms with E-state index in [9.17, 15) is 9.59 Å². The first kappa shape index (κ1) is 19.0. The Morgan fingerprint density at radius 1 is 1.15 bits per heavy atom. The molecule has 0 unspecified atom stereocenters. The van der Waals surface area contributed by atoms with Crippen LogP contribution in [0.5, 0.6) is 11.5 Å². The number of hydrogen-bond donors (Lipinski definition) is 1. The van der Waals surface area contributed by atoms with Gasteiger partial charge in [0.1, 0.15) is 13.2 Å². The average Bonchev–Trinajstić information content (AvgIpc) is 2.64. The monoisotopic (exact) mass is 389 g/mol. The number of esters is 1. The fourth-order valence-electron chi connectivity index (χ4n) is 2.62. The molecule has 0 aromatic heterocycles. The van der Waals surface area contributed by atoms with Crippen LogP contribution in [0.3, 0.4) is 0 Å². The fourth-order valence-corrected chi connectivity index (χ4v) is 2.88. The lowest BCUT2D eigenvalue weighted by Gasteiger charge is -2.20. The van der Waals surface area contributed by atoms with Crippen LogP contribution in [-0.2, 0) is 9.53 Å². The summed E-state index contributed by atoms with van der Waals surface area (Å²) in [6.45, 7) is 6.10. The highest BCUT2D eigenvalue weighted by molar-refractivity contribution is 6.32. The zero-order chi connectivity index (χ0) is 19.6. The molecule has 1 N–H and O–H groups in total. The van der Waals surface area contributed by atoms with Crippen molar-refractivity contribution in [3.05, 3.63) is 52.0 Å². The zero-order valence-electron chi connectivity index (χ0n) is 15.3. The Morgan fingerprint density at radius 2 is 1.89 bits per heavy atom. The van der Waals surface area contributed by atoms with E-state index in [1.54, 1.807) is 0 Å². The van der Waals surface area contributed by atoms with E-state index in [1.165, 1.54) is 19.1 Å². The number of fused-ring (bicyclic) bond motifs is 1. The van der Waals surface area contributed by atoms with Crippen LogP contribution in [0, 0.1) is 13.8 Å². The van der Waals surface area contributed by atoms with Gasteiger partial charge in [-0.15, -0.1) is 0 Å². The van der Waals surface area contributed by atoms with Crippen LogP contribution in [0.25, 0.3) is 0 Å². The van der Waals surface area contributed by atoms with Gasteiger partial charge < -0.3 is 19.5 Å². The minimum atomic E-state index is -0.982. The number of amides is 1. The summed E-state index contributed by atoms with van der Waals surface area (Å²) in [5.41, 5.74) is 2.82. The molecule has 0 spiro atoms. The molecule has 0 saturated carbocycles. The van der Waals surface area contributed by atoms with Crippen LogP contribution in [0.15, 0.2) is 30.3 Å². The summed E-state index contributed by atoms with van der Waals surface area (Å²) < 4.78 is 16.2. The van der Waals surface area contributed by atoms with Gasteiger partial charge >= 0.3 is 5.97 Å². The van der Waals surface area contributed by atoms with Crippen molar-refractivity contribution in [1.82, 2.24) is 0 Å². The molecule has 27 heavy (non-hydrogen) atoms. The number of nitrogens with one attached hydrogen (secondary N) is 1. The lowest BCUT2D eigenvalue weighted by Crippen LogP contribution is -2.30. The Morgan fingerprint density at radius 3 is 2.67 bits per heavy atom. The largest absolute Gasteiger partial charge is 0.486 e. The highest BCUT2D eigenvalue weighted by atomic mass is 35.5. The van der Waals surface area contributed by atoms with Gasteiger partial charge in [0, 0.05) is 5.69 Å². The van der Waals surface area contributed by atoms with Crippen LogP contribution in [-0.4, -0.2) is 31.2 Å². The van der Waals surface area contributed by atoms with Crippen molar-refractivity contribution in [3.8, 4) is 11.5 Å². The lowest BCUT2D eigenvalue weighted by atomic mass is 10.1. The van der Waals surface area contributed by atoms with Crippen LogP contribution in [0.1, 0.15) is 28.4 Å². The van der Waals surface area contributed by atoms with Crippen LogP contribution < -0.4 is 14.8 Å². The number of carbonyl (C=O) groups excluding carboxylic acids is 2. The van der Waals surface area contributed by atoms with E-state index in [-0.39, 0.29) is 10.6 Å². The molecule has 2 aromatic rings. The molecule has 1 heterocycles. The van der Waals surface area contributed by atoms with E-state index in [2.05, 4.69) is 5.32 Å². The SMILES string of the molecule is Cc1ccc(C)c(NC(=O)[C@H](C)OC(=O)c2cc(Cl)c3c(c2)OCCO3)c1. The number of rotatable bonds is 4. The van der Waals surface area contributed by atoms with E-state index in [1.807, 2.05) is 32.0 Å². The summed E-state index contributed by atoms with van der Waals surface area (Å²) >= 11 is 6.14. The van der Waals surface area contributed by atoms with Crippen molar-refractivity contribution >= 4 is 29.2 Å². The van der Waals surface area contributed by atoms with Crippen molar-refractivity contribution in [2.24, 2.45) is 0 Å². The van der Waals surface area contributed by atoms with E-state index < -0.39 is 18.0 Å². The van der Waals surface area contributed by atoms with E-state index in [0.717, 1.165) is 11.1 Å². The molecular weight excluding hydrogens is 370 g/mol. The van der Waals surface area contributed by atoms with Crippen molar-refractivity contribution in [1.29, 1.82) is 0 Å². The maximum atomic E-state index is 12.4. The van der Waals surface area contributed by atoms with Crippen LogP contribution in [0.4, 0.5) is 5.69 Å². The molecule has 1 aliphatic heterocycles. The second-order valence-corrected chi connectivity index (χ2v) is 6.74. The summed E-state index contributed by atoms with van der Waals surface area (Å²) in [6.07, 6.45) is -0.982. The number of anilines is 1. The fraction of sp³-hybridized carbons (Fsp3) is 0.300. The Labute approximate surface area is 162 Å². The third-order valence-corrected chi connectivity index (χ3v) is 4.42. The molecule has 7 heteroatoms. The second-order valence-electron chi connectivity index (χ2n) is 6.34. The third kappa shape index (κ3) is 4.34. The highest BCUT2D eigenvalue weighted by Gasteiger charge is 2.23. The quantitative estimate of drug-likeness (QED) is 0.802. The average molecular weight is 390 g/mol. The van der Waals surface area contributed by atoms with Crippen LogP contribution >= 0.6 is 11.6 Å². The Hall–Kier alpha value is -2.73. The standard InChI is InChI=1S/C20H20ClNO5/c1-11-4-5-12(2)16(8-11)22-19(23)13(3)27-20(24)14-9-15(21)18-17(10-14)25-6-7-26-18/h4-5,8-10,13H,6-7H2,1-3H3,(H,22,23)/t13-/m0/s1. The van der Waals surface area contributed by atoms with Crippen molar-refractivity contribution in [2.45, 2.75) is 26.9 Å². The van der Waals surface area contributed by atoms with Gasteiger partial charge in [-0.25, -0.2) is 4.79 Å². The number of aryl methyl sites for hydroxylation is 2. The zero-order valence-corrected chi connectivity index (χ0v) is 16.1. The first-order valence-corrected chi connectivity index (χ1v) is 8.91. The van der Waals surface area contributed by atoms with E-state index >= 15 is 0 Å². The molecule has 1 aliphatic rings. The molecule has 2 aromatic carbocycles. The van der Waals surface area contributed by atoms with Gasteiger partial charge in [-0.2, -0.15) is 0 Å². The Kier molecular flexibility index (Phi) is 5.56. The number of hydrogen-bond acceptors (Lipinski definition) is 5. The smallest absolute Gasteiger partial charge is 0.339 e. The predicted octanol–water partition coefficient (Wildman–Crippen LogP) is 3.91. The predicted molar refractivity (Wildman–Crippen MR) is 102 cm³/mol. The minimum Gasteiger partial charge on any atom is -0.486 e. The molecule has 0 saturated heterocycles. The van der Waals surface area contributed by atoms with Crippen molar-refractivity contribution < 1.29 is 23.8 Å². The van der Waals surface area contributed by atoms with E-state index in [4.69, 9.17) is 25.8 Å². The third-order valence-electron chi connectivity index (χ3n) is 4.14. The van der Waals surface area contributed by atoms with Crippen molar-refractivity contribution in [3.63, 3.8) is 0 Å². The summed E-state index contributed by atoms with van der Waals surface area (Å²) in [7, 11) is 0. The van der Waals surface area contributed by atoms with Gasteiger partial charge in [0.25, 0.3) is 5.91 Å². The summed E-state index contributed by atoms with van der Waals surface area (Å²) in [5, 5.41) is 3.04. The maximum absolute atomic E-state index is 12.4. The van der Waals surface area contributed by atoms with E-state index in [0.29, 0.717) is 30.4 Å². The van der Waals surface area contributed by atoms with Gasteiger partial charge in [-0.1, -0.05) is 23.7 Å². The second kappa shape index (κ2) is 7.88. The molecular formula is C20H20ClNO5. The van der Waals surface area contributed by atoms with Gasteiger partial charge in [0.05, 0.1) is 10.6 Å². The molecule has 0 bridgehead atoms. The molecule has 6 nitrogen and oxygen atoms in total. The molecule has 1 amide bonds. The lowest BCUT2D eigenvalue weighted by molar-refractivity contribution is -0.123. The minimum absolute atomic E-state index is 0.190. The normalized spacial score (nSPS) is 13.6. The summed E-state index contributed by atoms with van der Waals surface area (Å²) in [6, 6.07) is 8.67. The summed E-state index contributed by atoms with van der Waals surface area (Å²) in [5.74, 6) is -0.299. The van der Waals surface area contributed by atoms with Gasteiger partial charge in [-0.05, 0) is 50.1 Å². The first-order valence-electron chi connectivity index (χ1n) is 8.53. The van der Waals surface area contributed by atoms with Gasteiger partial charge in [0.15, 0.2) is 17.6 Å². The summed E-state index contributed by atoms with van der Waals surface area (Å²) in [4.78, 5) is 24.8. The number of halogens is 1. The first-order chi connectivity index (χ1) is 12.8. The number of carbonyl (C=O) groups is 2. The molecule has 0 radical (unpaired) electrons. The molecule has 3 rings (SSSR count). The number of ether oxygens (including phenoxy) is 3. The van der Waals surface area contributed by atoms with Gasteiger partial charge in [0.2, 0.25) is 0 Å². The van der Waals surface area contributed by atoms with Crippen LogP contribution in [0.2, 0.25) is 5.02 Å².